The Hall–Kier alpha value is -5.61. The van der Waals surface area contributed by atoms with Crippen LogP contribution in [-0.4, -0.2) is 51.8 Å². The molecule has 0 saturated carbocycles. The SMILES string of the molecule is COc1cc2c(cc1OC)C(CCc1ccc(NC(=O)c3cc(OC)c(OC)cc3NC(=O)c3cnc4ccccc4c3)cc1)NCC2. The van der Waals surface area contributed by atoms with Crippen molar-refractivity contribution < 1.29 is 28.5 Å². The first-order chi connectivity index (χ1) is 23.4. The second-order valence-corrected chi connectivity index (χ2v) is 11.5. The number of ether oxygens (including phenoxy) is 4. The number of hydrogen-bond acceptors (Lipinski definition) is 8. The molecular weight excluding hydrogens is 608 g/mol. The van der Waals surface area contributed by atoms with Crippen molar-refractivity contribution in [2.75, 3.05) is 45.6 Å². The van der Waals surface area contributed by atoms with Gasteiger partial charge in [0, 0.05) is 29.4 Å². The number of nitrogens with one attached hydrogen (secondary N) is 3. The van der Waals surface area contributed by atoms with Crippen LogP contribution in [0.25, 0.3) is 10.9 Å². The van der Waals surface area contributed by atoms with Crippen molar-refractivity contribution in [3.8, 4) is 23.0 Å². The molecule has 0 bridgehead atoms. The van der Waals surface area contributed by atoms with Crippen molar-refractivity contribution >= 4 is 34.1 Å². The summed E-state index contributed by atoms with van der Waals surface area (Å²) in [5.41, 5.74) is 5.90. The van der Waals surface area contributed by atoms with Crippen molar-refractivity contribution in [1.29, 1.82) is 0 Å². The van der Waals surface area contributed by atoms with Gasteiger partial charge in [0.05, 0.1) is 50.8 Å². The maximum Gasteiger partial charge on any atom is 0.257 e. The minimum Gasteiger partial charge on any atom is -0.493 e. The van der Waals surface area contributed by atoms with E-state index in [2.05, 4.69) is 33.1 Å². The van der Waals surface area contributed by atoms with E-state index in [1.165, 1.54) is 31.5 Å². The number of aryl methyl sites for hydroxylation is 1. The van der Waals surface area contributed by atoms with E-state index in [9.17, 15) is 9.59 Å². The third-order valence-electron chi connectivity index (χ3n) is 8.61. The lowest BCUT2D eigenvalue weighted by Crippen LogP contribution is -2.30. The maximum atomic E-state index is 13.6. The van der Waals surface area contributed by atoms with E-state index in [0.29, 0.717) is 22.7 Å². The zero-order chi connectivity index (χ0) is 33.6. The number of amides is 2. The van der Waals surface area contributed by atoms with Gasteiger partial charge in [-0.25, -0.2) is 0 Å². The van der Waals surface area contributed by atoms with Crippen molar-refractivity contribution in [3.63, 3.8) is 0 Å². The predicted molar refractivity (Wildman–Crippen MR) is 186 cm³/mol. The molecule has 246 valence electrons. The molecule has 0 aliphatic carbocycles. The van der Waals surface area contributed by atoms with E-state index in [4.69, 9.17) is 18.9 Å². The Labute approximate surface area is 279 Å². The molecule has 1 aromatic heterocycles. The van der Waals surface area contributed by atoms with Crippen LogP contribution < -0.4 is 34.9 Å². The smallest absolute Gasteiger partial charge is 0.257 e. The first-order valence-corrected chi connectivity index (χ1v) is 15.7. The second-order valence-electron chi connectivity index (χ2n) is 11.5. The number of methoxy groups -OCH3 is 4. The molecule has 6 rings (SSSR count). The van der Waals surface area contributed by atoms with Crippen LogP contribution in [0.15, 0.2) is 85.1 Å². The monoisotopic (exact) mass is 646 g/mol. The van der Waals surface area contributed by atoms with E-state index in [1.54, 1.807) is 32.4 Å². The van der Waals surface area contributed by atoms with Crippen molar-refractivity contribution in [3.05, 3.63) is 113 Å². The zero-order valence-corrected chi connectivity index (χ0v) is 27.4. The first-order valence-electron chi connectivity index (χ1n) is 15.7. The number of carbonyl (C=O) groups excluding carboxylic acids is 2. The third-order valence-corrected chi connectivity index (χ3v) is 8.61. The van der Waals surface area contributed by atoms with E-state index >= 15 is 0 Å². The molecule has 10 heteroatoms. The molecule has 2 heterocycles. The Kier molecular flexibility index (Phi) is 9.73. The Bertz CT molecular complexity index is 1960. The molecule has 5 aromatic rings. The summed E-state index contributed by atoms with van der Waals surface area (Å²) < 4.78 is 22.0. The van der Waals surface area contributed by atoms with Crippen LogP contribution in [0.2, 0.25) is 0 Å². The van der Waals surface area contributed by atoms with Crippen LogP contribution in [0, 0.1) is 0 Å². The number of anilines is 2. The van der Waals surface area contributed by atoms with Gasteiger partial charge in [-0.15, -0.1) is 0 Å². The summed E-state index contributed by atoms with van der Waals surface area (Å²) in [5, 5.41) is 10.3. The average Bonchev–Trinajstić information content (AvgIpc) is 3.13. The molecule has 1 aliphatic heterocycles. The van der Waals surface area contributed by atoms with Gasteiger partial charge >= 0.3 is 0 Å². The molecule has 0 saturated heterocycles. The molecule has 0 spiro atoms. The van der Waals surface area contributed by atoms with Crippen LogP contribution in [-0.2, 0) is 12.8 Å². The van der Waals surface area contributed by atoms with Gasteiger partial charge in [0.1, 0.15) is 0 Å². The number of aromatic nitrogens is 1. The molecule has 0 fully saturated rings. The number of para-hydroxylation sites is 1. The quantitative estimate of drug-likeness (QED) is 0.147. The highest BCUT2D eigenvalue weighted by molar-refractivity contribution is 6.13. The minimum atomic E-state index is -0.414. The summed E-state index contributed by atoms with van der Waals surface area (Å²) >= 11 is 0. The van der Waals surface area contributed by atoms with Gasteiger partial charge < -0.3 is 34.9 Å². The van der Waals surface area contributed by atoms with E-state index in [1.807, 2.05) is 48.5 Å². The summed E-state index contributed by atoms with van der Waals surface area (Å²) in [7, 11) is 6.30. The van der Waals surface area contributed by atoms with Crippen LogP contribution in [0.3, 0.4) is 0 Å². The van der Waals surface area contributed by atoms with Gasteiger partial charge in [0.15, 0.2) is 23.0 Å². The van der Waals surface area contributed by atoms with Gasteiger partial charge in [-0.05, 0) is 85.0 Å². The fourth-order valence-electron chi connectivity index (χ4n) is 6.05. The molecule has 4 aromatic carbocycles. The predicted octanol–water partition coefficient (Wildman–Crippen LogP) is 6.59. The number of rotatable bonds is 11. The minimum absolute atomic E-state index is 0.192. The van der Waals surface area contributed by atoms with Crippen LogP contribution in [0.5, 0.6) is 23.0 Å². The Morgan fingerprint density at radius 2 is 1.48 bits per heavy atom. The normalized spacial score (nSPS) is 13.7. The lowest BCUT2D eigenvalue weighted by atomic mass is 9.90. The Balaban J connectivity index is 1.16. The molecular formula is C38H38N4O6. The largest absolute Gasteiger partial charge is 0.493 e. The standard InChI is InChI=1S/C38H38N4O6/c1-45-33-18-24-15-16-39-31(28(24)19-34(33)46-2)14-11-23-9-12-27(13-10-23)41-38(44)29-20-35(47-3)36(48-4)21-32(29)42-37(43)26-17-25-7-5-6-8-30(25)40-22-26/h5-10,12-13,17-22,31,39H,11,14-16H2,1-4H3,(H,41,44)(H,42,43). The zero-order valence-electron chi connectivity index (χ0n) is 27.4. The number of nitrogens with zero attached hydrogens (tertiary/aromatic N) is 1. The highest BCUT2D eigenvalue weighted by Gasteiger charge is 2.23. The summed E-state index contributed by atoms with van der Waals surface area (Å²) in [5.74, 6) is 1.39. The highest BCUT2D eigenvalue weighted by atomic mass is 16.5. The number of fused-ring (bicyclic) bond motifs is 2. The molecule has 1 unspecified atom stereocenters. The summed E-state index contributed by atoms with van der Waals surface area (Å²) in [4.78, 5) is 31.3. The van der Waals surface area contributed by atoms with Crippen molar-refractivity contribution in [2.45, 2.75) is 25.3 Å². The molecule has 3 N–H and O–H groups in total. The number of carbonyl (C=O) groups is 2. The number of benzene rings is 4. The highest BCUT2D eigenvalue weighted by Crippen LogP contribution is 2.37. The molecule has 0 radical (unpaired) electrons. The van der Waals surface area contributed by atoms with Gasteiger partial charge in [0.25, 0.3) is 11.8 Å². The van der Waals surface area contributed by atoms with Crippen molar-refractivity contribution in [1.82, 2.24) is 10.3 Å². The summed E-state index contributed by atoms with van der Waals surface area (Å²) in [6.07, 6.45) is 4.19. The van der Waals surface area contributed by atoms with Gasteiger partial charge in [-0.3, -0.25) is 14.6 Å². The number of hydrogen-bond donors (Lipinski definition) is 3. The molecule has 10 nitrogen and oxygen atoms in total. The van der Waals surface area contributed by atoms with E-state index < -0.39 is 11.8 Å². The van der Waals surface area contributed by atoms with Crippen LogP contribution >= 0.6 is 0 Å². The summed E-state index contributed by atoms with van der Waals surface area (Å²) in [6.45, 7) is 0.899. The average molecular weight is 647 g/mol. The van der Waals surface area contributed by atoms with Crippen molar-refractivity contribution in [2.24, 2.45) is 0 Å². The first kappa shape index (κ1) is 32.3. The molecule has 2 amide bonds. The third kappa shape index (κ3) is 6.89. The van der Waals surface area contributed by atoms with Gasteiger partial charge in [-0.1, -0.05) is 30.3 Å². The molecule has 1 aliphatic rings. The van der Waals surface area contributed by atoms with Gasteiger partial charge in [-0.2, -0.15) is 0 Å². The van der Waals surface area contributed by atoms with E-state index in [-0.39, 0.29) is 17.3 Å². The fraction of sp³-hybridized carbons (Fsp3) is 0.237. The second kappa shape index (κ2) is 14.4. The number of pyridine rings is 1. The molecule has 1 atom stereocenters. The Morgan fingerprint density at radius 1 is 0.792 bits per heavy atom. The lowest BCUT2D eigenvalue weighted by molar-refractivity contribution is 0.102. The molecule has 48 heavy (non-hydrogen) atoms. The fourth-order valence-corrected chi connectivity index (χ4v) is 6.05. The van der Waals surface area contributed by atoms with Crippen LogP contribution in [0.1, 0.15) is 49.9 Å². The maximum absolute atomic E-state index is 13.6. The van der Waals surface area contributed by atoms with Gasteiger partial charge in [0.2, 0.25) is 0 Å². The topological polar surface area (TPSA) is 120 Å². The van der Waals surface area contributed by atoms with Crippen LogP contribution in [0.4, 0.5) is 11.4 Å². The lowest BCUT2D eigenvalue weighted by Gasteiger charge is -2.28. The van der Waals surface area contributed by atoms with E-state index in [0.717, 1.165) is 53.8 Å². The Morgan fingerprint density at radius 3 is 2.23 bits per heavy atom. The summed E-state index contributed by atoms with van der Waals surface area (Å²) in [6, 6.07) is 24.6.